The molecule has 0 bridgehead atoms. The van der Waals surface area contributed by atoms with Crippen LogP contribution < -0.4 is 15.4 Å². The van der Waals surface area contributed by atoms with Crippen molar-refractivity contribution in [2.45, 2.75) is 6.42 Å². The summed E-state index contributed by atoms with van der Waals surface area (Å²) in [5.74, 6) is 0.404. The van der Waals surface area contributed by atoms with Gasteiger partial charge in [-0.2, -0.15) is 0 Å². The van der Waals surface area contributed by atoms with Gasteiger partial charge in [0.15, 0.2) is 0 Å². The van der Waals surface area contributed by atoms with Gasteiger partial charge in [-0.3, -0.25) is 4.79 Å². The average Bonchev–Trinajstić information content (AvgIpc) is 2.50. The van der Waals surface area contributed by atoms with Crippen LogP contribution in [0.15, 0.2) is 36.4 Å². The Balaban J connectivity index is 1.87. The normalized spacial score (nSPS) is 10.3. The number of halogens is 3. The van der Waals surface area contributed by atoms with Crippen molar-refractivity contribution in [1.29, 1.82) is 0 Å². The SMILES string of the molecule is COc1ccc(NC(=O)CCNc2c(Cl)cccc2Cl)cc1Cl. The number of rotatable bonds is 6. The molecule has 0 spiro atoms. The molecule has 0 unspecified atom stereocenters. The molecule has 2 aromatic rings. The maximum Gasteiger partial charge on any atom is 0.226 e. The van der Waals surface area contributed by atoms with E-state index in [1.165, 1.54) is 7.11 Å². The first-order valence-electron chi connectivity index (χ1n) is 6.82. The lowest BCUT2D eigenvalue weighted by Crippen LogP contribution is -2.16. The zero-order valence-corrected chi connectivity index (χ0v) is 14.6. The van der Waals surface area contributed by atoms with E-state index in [0.29, 0.717) is 38.7 Å². The second-order valence-corrected chi connectivity index (χ2v) is 5.89. The quantitative estimate of drug-likeness (QED) is 0.741. The molecule has 2 N–H and O–H groups in total. The zero-order valence-electron chi connectivity index (χ0n) is 12.3. The molecule has 0 radical (unpaired) electrons. The number of nitrogens with one attached hydrogen (secondary N) is 2. The molecule has 4 nitrogen and oxygen atoms in total. The van der Waals surface area contributed by atoms with Gasteiger partial charge < -0.3 is 15.4 Å². The second kappa shape index (κ2) is 8.29. The summed E-state index contributed by atoms with van der Waals surface area (Å²) in [6, 6.07) is 10.3. The number of carbonyl (C=O) groups excluding carboxylic acids is 1. The van der Waals surface area contributed by atoms with E-state index in [-0.39, 0.29) is 12.3 Å². The van der Waals surface area contributed by atoms with Crippen LogP contribution in [0.3, 0.4) is 0 Å². The van der Waals surface area contributed by atoms with Crippen LogP contribution in [0.5, 0.6) is 5.75 Å². The molecule has 0 heterocycles. The molecule has 0 aromatic heterocycles. The van der Waals surface area contributed by atoms with Crippen LogP contribution in [-0.2, 0) is 4.79 Å². The van der Waals surface area contributed by atoms with E-state index < -0.39 is 0 Å². The van der Waals surface area contributed by atoms with Crippen molar-refractivity contribution >= 4 is 52.1 Å². The van der Waals surface area contributed by atoms with Gasteiger partial charge >= 0.3 is 0 Å². The summed E-state index contributed by atoms with van der Waals surface area (Å²) < 4.78 is 5.06. The Hall–Kier alpha value is -1.62. The zero-order chi connectivity index (χ0) is 16.8. The van der Waals surface area contributed by atoms with E-state index in [1.807, 2.05) is 0 Å². The topological polar surface area (TPSA) is 50.4 Å². The number of hydrogen-bond acceptors (Lipinski definition) is 3. The molecule has 0 atom stereocenters. The van der Waals surface area contributed by atoms with Gasteiger partial charge in [0.1, 0.15) is 5.75 Å². The molecular formula is C16H15Cl3N2O2. The molecule has 0 aliphatic heterocycles. The average molecular weight is 374 g/mol. The van der Waals surface area contributed by atoms with Crippen LogP contribution in [0.25, 0.3) is 0 Å². The molecule has 0 aliphatic carbocycles. The van der Waals surface area contributed by atoms with E-state index in [4.69, 9.17) is 39.5 Å². The number of ether oxygens (including phenoxy) is 1. The van der Waals surface area contributed by atoms with Gasteiger partial charge in [0, 0.05) is 18.7 Å². The Morgan fingerprint density at radius 2 is 1.78 bits per heavy atom. The van der Waals surface area contributed by atoms with Gasteiger partial charge in [-0.25, -0.2) is 0 Å². The second-order valence-electron chi connectivity index (χ2n) is 4.67. The highest BCUT2D eigenvalue weighted by Crippen LogP contribution is 2.30. The molecule has 0 fully saturated rings. The highest BCUT2D eigenvalue weighted by atomic mass is 35.5. The molecule has 23 heavy (non-hydrogen) atoms. The largest absolute Gasteiger partial charge is 0.495 e. The summed E-state index contributed by atoms with van der Waals surface area (Å²) in [7, 11) is 1.53. The van der Waals surface area contributed by atoms with E-state index in [2.05, 4.69) is 10.6 Å². The van der Waals surface area contributed by atoms with Crippen LogP contribution in [0.1, 0.15) is 6.42 Å². The van der Waals surface area contributed by atoms with E-state index in [0.717, 1.165) is 0 Å². The Morgan fingerprint density at radius 1 is 1.09 bits per heavy atom. The smallest absolute Gasteiger partial charge is 0.226 e. The lowest BCUT2D eigenvalue weighted by atomic mass is 10.2. The molecular weight excluding hydrogens is 359 g/mol. The predicted molar refractivity (Wildman–Crippen MR) is 96.2 cm³/mol. The molecule has 7 heteroatoms. The third-order valence-corrected chi connectivity index (χ3v) is 3.98. The summed E-state index contributed by atoms with van der Waals surface area (Å²) in [4.78, 5) is 11.9. The Labute approximate surface area is 149 Å². The molecule has 2 rings (SSSR count). The van der Waals surface area contributed by atoms with Crippen LogP contribution in [0, 0.1) is 0 Å². The first-order valence-corrected chi connectivity index (χ1v) is 7.96. The van der Waals surface area contributed by atoms with Crippen LogP contribution >= 0.6 is 34.8 Å². The number of methoxy groups -OCH3 is 1. The molecule has 122 valence electrons. The molecule has 2 aromatic carbocycles. The van der Waals surface area contributed by atoms with Gasteiger partial charge in [-0.15, -0.1) is 0 Å². The molecule has 1 amide bonds. The van der Waals surface area contributed by atoms with Gasteiger partial charge in [-0.1, -0.05) is 40.9 Å². The number of para-hydroxylation sites is 1. The maximum absolute atomic E-state index is 11.9. The standard InChI is InChI=1S/C16H15Cl3N2O2/c1-23-14-6-5-10(9-13(14)19)21-15(22)7-8-20-16-11(17)3-2-4-12(16)18/h2-6,9,20H,7-8H2,1H3,(H,21,22). The molecule has 0 aliphatic rings. The number of amides is 1. The van der Waals surface area contributed by atoms with Crippen molar-refractivity contribution < 1.29 is 9.53 Å². The minimum absolute atomic E-state index is 0.151. The van der Waals surface area contributed by atoms with Crippen LogP contribution in [-0.4, -0.2) is 19.6 Å². The summed E-state index contributed by atoms with van der Waals surface area (Å²) in [6.07, 6.45) is 0.255. The highest BCUT2D eigenvalue weighted by Gasteiger charge is 2.08. The van der Waals surface area contributed by atoms with Crippen LogP contribution in [0.4, 0.5) is 11.4 Å². The molecule has 0 saturated heterocycles. The summed E-state index contributed by atoms with van der Waals surface area (Å²) in [5, 5.41) is 7.29. The fraction of sp³-hybridized carbons (Fsp3) is 0.188. The number of carbonyl (C=O) groups is 1. The van der Waals surface area contributed by atoms with Crippen molar-refractivity contribution in [2.75, 3.05) is 24.3 Å². The van der Waals surface area contributed by atoms with Gasteiger partial charge in [0.2, 0.25) is 5.91 Å². The Morgan fingerprint density at radius 3 is 2.39 bits per heavy atom. The minimum atomic E-state index is -0.151. The van der Waals surface area contributed by atoms with E-state index in [9.17, 15) is 4.79 Å². The third-order valence-electron chi connectivity index (χ3n) is 3.05. The van der Waals surface area contributed by atoms with E-state index >= 15 is 0 Å². The first kappa shape index (κ1) is 17.7. The molecule has 0 saturated carbocycles. The van der Waals surface area contributed by atoms with Crippen molar-refractivity contribution in [3.05, 3.63) is 51.5 Å². The number of benzene rings is 2. The minimum Gasteiger partial charge on any atom is -0.495 e. The predicted octanol–water partition coefficient (Wildman–Crippen LogP) is 5.10. The lowest BCUT2D eigenvalue weighted by Gasteiger charge is -2.11. The van der Waals surface area contributed by atoms with Crippen LogP contribution in [0.2, 0.25) is 15.1 Å². The van der Waals surface area contributed by atoms with E-state index in [1.54, 1.807) is 36.4 Å². The first-order chi connectivity index (χ1) is 11.0. The Kier molecular flexibility index (Phi) is 6.39. The summed E-state index contributed by atoms with van der Waals surface area (Å²) >= 11 is 18.1. The maximum atomic E-state index is 11.9. The fourth-order valence-corrected chi connectivity index (χ4v) is 2.72. The van der Waals surface area contributed by atoms with Crippen molar-refractivity contribution in [3.8, 4) is 5.75 Å². The summed E-state index contributed by atoms with van der Waals surface area (Å²) in [6.45, 7) is 0.402. The summed E-state index contributed by atoms with van der Waals surface area (Å²) in [5.41, 5.74) is 1.23. The third kappa shape index (κ3) is 4.93. The number of anilines is 2. The van der Waals surface area contributed by atoms with Crippen molar-refractivity contribution in [2.24, 2.45) is 0 Å². The van der Waals surface area contributed by atoms with Gasteiger partial charge in [0.25, 0.3) is 0 Å². The van der Waals surface area contributed by atoms with Gasteiger partial charge in [0.05, 0.1) is 27.9 Å². The lowest BCUT2D eigenvalue weighted by molar-refractivity contribution is -0.115. The fourth-order valence-electron chi connectivity index (χ4n) is 1.94. The highest BCUT2D eigenvalue weighted by molar-refractivity contribution is 6.39. The van der Waals surface area contributed by atoms with Gasteiger partial charge in [-0.05, 0) is 30.3 Å². The van der Waals surface area contributed by atoms with Crippen molar-refractivity contribution in [3.63, 3.8) is 0 Å². The monoisotopic (exact) mass is 372 g/mol. The number of hydrogen-bond donors (Lipinski definition) is 2. The Bertz CT molecular complexity index is 687. The van der Waals surface area contributed by atoms with Crippen molar-refractivity contribution in [1.82, 2.24) is 0 Å².